The Morgan fingerprint density at radius 2 is 2.15 bits per heavy atom. The van der Waals surface area contributed by atoms with Crippen LogP contribution in [0.1, 0.15) is 12.6 Å². The van der Waals surface area contributed by atoms with Crippen LogP contribution in [0.3, 0.4) is 0 Å². The van der Waals surface area contributed by atoms with Gasteiger partial charge in [0.25, 0.3) is 0 Å². The van der Waals surface area contributed by atoms with E-state index in [-0.39, 0.29) is 0 Å². The van der Waals surface area contributed by atoms with Crippen LogP contribution in [-0.4, -0.2) is 30.1 Å². The van der Waals surface area contributed by atoms with Gasteiger partial charge in [-0.25, -0.2) is 0 Å². The minimum Gasteiger partial charge on any atom is -0.491 e. The van der Waals surface area contributed by atoms with E-state index in [1.165, 1.54) is 5.69 Å². The van der Waals surface area contributed by atoms with Gasteiger partial charge in [0, 0.05) is 31.6 Å². The number of hydrogen-bond acceptors (Lipinski definition) is 4. The number of ether oxygens (including phenoxy) is 2. The number of nitrogens with one attached hydrogen (secondary N) is 1. The number of benzene rings is 1. The second-order valence-corrected chi connectivity index (χ2v) is 4.36. The molecule has 1 aromatic heterocycles. The van der Waals surface area contributed by atoms with Crippen molar-refractivity contribution >= 4 is 5.69 Å². The van der Waals surface area contributed by atoms with Gasteiger partial charge < -0.3 is 14.8 Å². The second-order valence-electron chi connectivity index (χ2n) is 4.36. The van der Waals surface area contributed by atoms with Crippen molar-refractivity contribution in [2.45, 2.75) is 20.0 Å². The Hall–Kier alpha value is -2.01. The molecule has 1 N–H and O–H groups in total. The van der Waals surface area contributed by atoms with Crippen LogP contribution in [-0.2, 0) is 17.8 Å². The maximum absolute atomic E-state index is 5.59. The summed E-state index contributed by atoms with van der Waals surface area (Å²) in [7, 11) is 1.66. The average Bonchev–Trinajstić information content (AvgIpc) is 2.93. The van der Waals surface area contributed by atoms with E-state index in [1.54, 1.807) is 7.11 Å². The molecule has 0 aliphatic heterocycles. The van der Waals surface area contributed by atoms with Crippen LogP contribution in [0.2, 0.25) is 0 Å². The molecule has 0 unspecified atom stereocenters. The molecule has 5 nitrogen and oxygen atoms in total. The average molecular weight is 275 g/mol. The van der Waals surface area contributed by atoms with E-state index in [1.807, 2.05) is 41.2 Å². The maximum Gasteiger partial charge on any atom is 0.121 e. The first kappa shape index (κ1) is 14.4. The van der Waals surface area contributed by atoms with E-state index in [4.69, 9.17) is 9.47 Å². The molecule has 1 heterocycles. The fourth-order valence-corrected chi connectivity index (χ4v) is 1.93. The summed E-state index contributed by atoms with van der Waals surface area (Å²) < 4.78 is 12.5. The standard InChI is InChI=1S/C15H21N3O2/c1-3-18-14(7-8-17-18)12-16-13-5-4-6-15(11-13)20-10-9-19-2/h4-8,11,16H,3,9-10,12H2,1-2H3. The van der Waals surface area contributed by atoms with Gasteiger partial charge in [0.15, 0.2) is 0 Å². The van der Waals surface area contributed by atoms with Crippen molar-refractivity contribution in [3.8, 4) is 5.75 Å². The highest BCUT2D eigenvalue weighted by Crippen LogP contribution is 2.18. The number of nitrogens with zero attached hydrogens (tertiary/aromatic N) is 2. The molecule has 0 bridgehead atoms. The van der Waals surface area contributed by atoms with E-state index in [0.717, 1.165) is 24.5 Å². The van der Waals surface area contributed by atoms with Crippen LogP contribution in [0.15, 0.2) is 36.5 Å². The number of methoxy groups -OCH3 is 1. The summed E-state index contributed by atoms with van der Waals surface area (Å²) in [5.74, 6) is 0.844. The Bertz CT molecular complexity index is 525. The van der Waals surface area contributed by atoms with Crippen LogP contribution >= 0.6 is 0 Å². The van der Waals surface area contributed by atoms with Crippen LogP contribution in [0.25, 0.3) is 0 Å². The van der Waals surface area contributed by atoms with Gasteiger partial charge in [0.1, 0.15) is 12.4 Å². The zero-order valence-electron chi connectivity index (χ0n) is 12.0. The predicted octanol–water partition coefficient (Wildman–Crippen LogP) is 2.54. The highest BCUT2D eigenvalue weighted by Gasteiger charge is 2.01. The Morgan fingerprint density at radius 1 is 1.25 bits per heavy atom. The molecule has 0 fully saturated rings. The fourth-order valence-electron chi connectivity index (χ4n) is 1.93. The van der Waals surface area contributed by atoms with Gasteiger partial charge in [-0.15, -0.1) is 0 Å². The molecule has 0 aliphatic carbocycles. The molecule has 0 amide bonds. The third-order valence-electron chi connectivity index (χ3n) is 2.97. The summed E-state index contributed by atoms with van der Waals surface area (Å²) >= 11 is 0. The van der Waals surface area contributed by atoms with Crippen molar-refractivity contribution in [1.29, 1.82) is 0 Å². The number of rotatable bonds is 8. The number of hydrogen-bond donors (Lipinski definition) is 1. The van der Waals surface area contributed by atoms with E-state index in [9.17, 15) is 0 Å². The van der Waals surface area contributed by atoms with Crippen molar-refractivity contribution in [2.24, 2.45) is 0 Å². The van der Waals surface area contributed by atoms with E-state index in [0.29, 0.717) is 13.2 Å². The normalized spacial score (nSPS) is 10.5. The van der Waals surface area contributed by atoms with Gasteiger partial charge >= 0.3 is 0 Å². The second kappa shape index (κ2) is 7.55. The van der Waals surface area contributed by atoms with Gasteiger partial charge in [-0.1, -0.05) is 6.07 Å². The lowest BCUT2D eigenvalue weighted by atomic mass is 10.3. The lowest BCUT2D eigenvalue weighted by Gasteiger charge is -2.10. The molecule has 0 atom stereocenters. The van der Waals surface area contributed by atoms with Crippen LogP contribution < -0.4 is 10.1 Å². The molecular weight excluding hydrogens is 254 g/mol. The van der Waals surface area contributed by atoms with Crippen LogP contribution in [0, 0.1) is 0 Å². The zero-order chi connectivity index (χ0) is 14.2. The molecule has 2 aromatic rings. The first-order chi connectivity index (χ1) is 9.83. The van der Waals surface area contributed by atoms with Crippen LogP contribution in [0.4, 0.5) is 5.69 Å². The van der Waals surface area contributed by atoms with Crippen molar-refractivity contribution in [3.05, 3.63) is 42.2 Å². The summed E-state index contributed by atoms with van der Waals surface area (Å²) in [5.41, 5.74) is 2.20. The Morgan fingerprint density at radius 3 is 2.95 bits per heavy atom. The van der Waals surface area contributed by atoms with Crippen molar-refractivity contribution < 1.29 is 9.47 Å². The van der Waals surface area contributed by atoms with Gasteiger partial charge in [-0.2, -0.15) is 5.10 Å². The SMILES string of the molecule is CCn1nccc1CNc1cccc(OCCOC)c1. The summed E-state index contributed by atoms with van der Waals surface area (Å²) in [6.07, 6.45) is 1.82. The molecular formula is C15H21N3O2. The fraction of sp³-hybridized carbons (Fsp3) is 0.400. The summed E-state index contributed by atoms with van der Waals surface area (Å²) in [6.45, 7) is 4.86. The third-order valence-corrected chi connectivity index (χ3v) is 2.97. The summed E-state index contributed by atoms with van der Waals surface area (Å²) in [5, 5.41) is 7.63. The first-order valence-electron chi connectivity index (χ1n) is 6.80. The molecule has 0 aliphatic rings. The van der Waals surface area contributed by atoms with Gasteiger partial charge in [0.05, 0.1) is 18.8 Å². The smallest absolute Gasteiger partial charge is 0.121 e. The lowest BCUT2D eigenvalue weighted by molar-refractivity contribution is 0.146. The Kier molecular flexibility index (Phi) is 5.43. The Labute approximate surface area is 119 Å². The molecule has 0 saturated carbocycles. The molecule has 20 heavy (non-hydrogen) atoms. The molecule has 2 rings (SSSR count). The van der Waals surface area contributed by atoms with Crippen molar-refractivity contribution in [2.75, 3.05) is 25.6 Å². The minimum absolute atomic E-state index is 0.558. The topological polar surface area (TPSA) is 48.3 Å². The van der Waals surface area contributed by atoms with E-state index >= 15 is 0 Å². The minimum atomic E-state index is 0.558. The first-order valence-corrected chi connectivity index (χ1v) is 6.80. The lowest BCUT2D eigenvalue weighted by Crippen LogP contribution is -2.08. The van der Waals surface area contributed by atoms with E-state index in [2.05, 4.69) is 17.3 Å². The van der Waals surface area contributed by atoms with Gasteiger partial charge in [-0.05, 0) is 25.1 Å². The quantitative estimate of drug-likeness (QED) is 0.752. The van der Waals surface area contributed by atoms with E-state index < -0.39 is 0 Å². The third kappa shape index (κ3) is 3.99. The highest BCUT2D eigenvalue weighted by molar-refractivity contribution is 5.48. The molecule has 108 valence electrons. The monoisotopic (exact) mass is 275 g/mol. The van der Waals surface area contributed by atoms with Gasteiger partial charge in [-0.3, -0.25) is 4.68 Å². The zero-order valence-corrected chi connectivity index (χ0v) is 12.0. The highest BCUT2D eigenvalue weighted by atomic mass is 16.5. The number of aryl methyl sites for hydroxylation is 1. The van der Waals surface area contributed by atoms with Crippen LogP contribution in [0.5, 0.6) is 5.75 Å². The number of aromatic nitrogens is 2. The maximum atomic E-state index is 5.59. The number of anilines is 1. The molecule has 0 saturated heterocycles. The van der Waals surface area contributed by atoms with Crippen molar-refractivity contribution in [3.63, 3.8) is 0 Å². The van der Waals surface area contributed by atoms with Crippen molar-refractivity contribution in [1.82, 2.24) is 9.78 Å². The molecule has 5 heteroatoms. The predicted molar refractivity (Wildman–Crippen MR) is 79.0 cm³/mol. The Balaban J connectivity index is 1.91. The van der Waals surface area contributed by atoms with Gasteiger partial charge in [0.2, 0.25) is 0 Å². The molecule has 1 aromatic carbocycles. The molecule has 0 spiro atoms. The largest absolute Gasteiger partial charge is 0.491 e. The summed E-state index contributed by atoms with van der Waals surface area (Å²) in [4.78, 5) is 0. The summed E-state index contributed by atoms with van der Waals surface area (Å²) in [6, 6.07) is 9.95. The molecule has 0 radical (unpaired) electrons.